The number of carboxylic acids is 1. The first-order valence-electron chi connectivity index (χ1n) is 24.6. The number of nitrogens with one attached hydrogen (secondary N) is 1. The van der Waals surface area contributed by atoms with Gasteiger partial charge in [-0.1, -0.05) is 39.0 Å². The molecule has 1 aromatic rings. The van der Waals surface area contributed by atoms with Crippen LogP contribution in [-0.2, 0) is 47.4 Å². The van der Waals surface area contributed by atoms with Gasteiger partial charge in [0.05, 0.1) is 19.8 Å². The first kappa shape index (κ1) is 59.6. The van der Waals surface area contributed by atoms with Crippen molar-refractivity contribution in [1.29, 1.82) is 0 Å². The van der Waals surface area contributed by atoms with Gasteiger partial charge in [-0.3, -0.25) is 9.59 Å². The normalized spacial score (nSPS) is 11.6. The van der Waals surface area contributed by atoms with Crippen molar-refractivity contribution in [3.8, 4) is 0 Å². The number of benzene rings is 1. The maximum absolute atomic E-state index is 13.6. The summed E-state index contributed by atoms with van der Waals surface area (Å²) in [5, 5.41) is 12.1. The van der Waals surface area contributed by atoms with Gasteiger partial charge in [0.15, 0.2) is 0 Å². The Balaban J connectivity index is 3.00. The van der Waals surface area contributed by atoms with Crippen LogP contribution in [0.1, 0.15) is 169 Å². The molecule has 2 N–H and O–H groups in total. The van der Waals surface area contributed by atoms with Crippen LogP contribution >= 0.6 is 0 Å². The number of rotatable bonds is 48. The van der Waals surface area contributed by atoms with Crippen molar-refractivity contribution in [1.82, 2.24) is 5.32 Å². The summed E-state index contributed by atoms with van der Waals surface area (Å²) < 4.78 is 51.5. The van der Waals surface area contributed by atoms with Crippen molar-refractivity contribution < 1.29 is 57.3 Å². The van der Waals surface area contributed by atoms with Crippen LogP contribution in [0.5, 0.6) is 0 Å². The Bertz CT molecular complexity index is 1340. The fourth-order valence-corrected chi connectivity index (χ4v) is 6.84. The van der Waals surface area contributed by atoms with E-state index in [9.17, 15) is 14.7 Å². The Kier molecular flexibility index (Phi) is 38.4. The van der Waals surface area contributed by atoms with Gasteiger partial charge < -0.3 is 53.1 Å². The van der Waals surface area contributed by atoms with Crippen molar-refractivity contribution in [2.24, 2.45) is 0 Å². The maximum atomic E-state index is 13.6. The molecule has 65 heavy (non-hydrogen) atoms. The highest BCUT2D eigenvalue weighted by Crippen LogP contribution is 2.35. The Morgan fingerprint density at radius 1 is 0.462 bits per heavy atom. The topological polar surface area (TPSA) is 149 Å². The van der Waals surface area contributed by atoms with Gasteiger partial charge in [0, 0.05) is 103 Å². The smallest absolute Gasteiger partial charge is 0.325 e. The predicted octanol–water partition coefficient (Wildman–Crippen LogP) is 11.0. The number of hydrogen-bond donors (Lipinski definition) is 2. The van der Waals surface area contributed by atoms with Crippen molar-refractivity contribution in [2.75, 3.05) is 101 Å². The van der Waals surface area contributed by atoms with Gasteiger partial charge in [-0.25, -0.2) is 0 Å². The highest BCUT2D eigenvalue weighted by atomic mass is 16.5. The summed E-state index contributed by atoms with van der Waals surface area (Å²) in [7, 11) is 5.18. The predicted molar refractivity (Wildman–Crippen MR) is 261 cm³/mol. The average Bonchev–Trinajstić information content (AvgIpc) is 3.30. The lowest BCUT2D eigenvalue weighted by Gasteiger charge is -2.22. The molecule has 0 saturated carbocycles. The van der Waals surface area contributed by atoms with Crippen molar-refractivity contribution in [2.45, 2.75) is 148 Å². The van der Waals surface area contributed by atoms with E-state index in [1.165, 1.54) is 6.92 Å². The van der Waals surface area contributed by atoms with E-state index >= 15 is 0 Å². The third-order valence-electron chi connectivity index (χ3n) is 10.8. The van der Waals surface area contributed by atoms with E-state index in [0.717, 1.165) is 194 Å². The lowest BCUT2D eigenvalue weighted by atomic mass is 9.93. The zero-order valence-corrected chi connectivity index (χ0v) is 41.1. The molecule has 0 saturated heterocycles. The van der Waals surface area contributed by atoms with Crippen LogP contribution in [0.3, 0.4) is 0 Å². The van der Waals surface area contributed by atoms with Gasteiger partial charge in [-0.05, 0) is 135 Å². The molecule has 1 atom stereocenters. The molecular weight excluding hydrogens is 831 g/mol. The summed E-state index contributed by atoms with van der Waals surface area (Å²) >= 11 is 0. The fraction of sp³-hybridized carbons (Fsp3) is 0.731. The second-order valence-corrected chi connectivity index (χ2v) is 16.5. The molecule has 0 aliphatic heterocycles. The monoisotopic (exact) mass is 920 g/mol. The number of carboxylic acid groups (broad SMARTS) is 1. The largest absolute Gasteiger partial charge is 0.494 e. The first-order chi connectivity index (χ1) is 31.7. The quantitative estimate of drug-likeness (QED) is 0.0473. The molecule has 0 spiro atoms. The minimum Gasteiger partial charge on any atom is -0.494 e. The van der Waals surface area contributed by atoms with E-state index in [1.54, 1.807) is 33.5 Å². The van der Waals surface area contributed by atoms with E-state index < -0.39 is 17.9 Å². The number of aliphatic carboxylic acids is 1. The van der Waals surface area contributed by atoms with E-state index in [1.807, 2.05) is 0 Å². The highest BCUT2D eigenvalue weighted by molar-refractivity contribution is 5.99. The van der Waals surface area contributed by atoms with E-state index in [2.05, 4.69) is 25.1 Å². The maximum Gasteiger partial charge on any atom is 0.325 e. The SMILES string of the molecule is C=C(OCCCCCCOCCCCCOC)c1cc(C(=O)N[C@@H](C)C(=O)O)cc(C(=C)OCCCCCCOCCCCCOC)c1C(=C)OCCCCCCOCCCCCOC. The number of unbranched alkanes of at least 4 members (excludes halogenated alkanes) is 15. The molecule has 1 amide bonds. The molecule has 0 heterocycles. The Morgan fingerprint density at radius 3 is 1.05 bits per heavy atom. The summed E-state index contributed by atoms with van der Waals surface area (Å²) in [6.07, 6.45) is 20.9. The molecule has 374 valence electrons. The number of carbonyl (C=O) groups excluding carboxylic acids is 1. The van der Waals surface area contributed by atoms with Crippen LogP contribution in [0.15, 0.2) is 31.9 Å². The molecule has 0 fully saturated rings. The molecule has 0 bridgehead atoms. The number of carbonyl (C=O) groups is 2. The summed E-state index contributed by atoms with van der Waals surface area (Å²) in [6.45, 7) is 22.5. The minimum absolute atomic E-state index is 0.212. The third-order valence-corrected chi connectivity index (χ3v) is 10.8. The fourth-order valence-electron chi connectivity index (χ4n) is 6.84. The average molecular weight is 920 g/mol. The second-order valence-electron chi connectivity index (χ2n) is 16.5. The third kappa shape index (κ3) is 31.2. The van der Waals surface area contributed by atoms with Crippen LogP contribution in [0.2, 0.25) is 0 Å². The lowest BCUT2D eigenvalue weighted by Crippen LogP contribution is -2.38. The van der Waals surface area contributed by atoms with Crippen LogP contribution < -0.4 is 5.32 Å². The van der Waals surface area contributed by atoms with Crippen LogP contribution in [-0.4, -0.2) is 124 Å². The van der Waals surface area contributed by atoms with Gasteiger partial charge in [-0.15, -0.1) is 0 Å². The van der Waals surface area contributed by atoms with Gasteiger partial charge in [-0.2, -0.15) is 0 Å². The van der Waals surface area contributed by atoms with Gasteiger partial charge in [0.2, 0.25) is 0 Å². The molecule has 0 aliphatic carbocycles. The molecule has 0 aromatic heterocycles. The summed E-state index contributed by atoms with van der Waals surface area (Å²) in [4.78, 5) is 25.2. The van der Waals surface area contributed by atoms with Gasteiger partial charge in [0.1, 0.15) is 23.3 Å². The molecule has 0 radical (unpaired) electrons. The second kappa shape index (κ2) is 41.9. The molecule has 1 rings (SSSR count). The van der Waals surface area contributed by atoms with Crippen molar-refractivity contribution >= 4 is 29.2 Å². The summed E-state index contributed by atoms with van der Waals surface area (Å²) in [5.41, 5.74) is 1.79. The van der Waals surface area contributed by atoms with E-state index in [0.29, 0.717) is 53.8 Å². The zero-order valence-electron chi connectivity index (χ0n) is 41.1. The number of hydrogen-bond acceptors (Lipinski definition) is 11. The molecule has 0 aliphatic rings. The molecule has 13 heteroatoms. The van der Waals surface area contributed by atoms with E-state index in [4.69, 9.17) is 42.6 Å². The molecule has 13 nitrogen and oxygen atoms in total. The number of ether oxygens (including phenoxy) is 9. The number of amides is 1. The molecule has 0 unspecified atom stereocenters. The molecular formula is C52H89NO12. The molecule has 1 aromatic carbocycles. The first-order valence-corrected chi connectivity index (χ1v) is 24.6. The van der Waals surface area contributed by atoms with Crippen LogP contribution in [0.25, 0.3) is 17.3 Å². The van der Waals surface area contributed by atoms with Crippen molar-refractivity contribution in [3.63, 3.8) is 0 Å². The zero-order chi connectivity index (χ0) is 47.6. The standard InChI is InChI=1S/C52H89NO12/c1-43(52(55)56)53-51(54)47-41-48(44(2)63-38-26-11-8-20-32-60-35-23-14-17-29-57-5)50(46(4)65-40-28-13-10-22-34-62-37-25-16-19-31-59-7)49(42-47)45(3)64-39-27-12-9-21-33-61-36-24-15-18-30-58-6/h41-43H,2-4,8-40H2,1,5-7H3,(H,53,54)(H,55,56)/t43-/m0/s1. The summed E-state index contributed by atoms with van der Waals surface area (Å²) in [5.74, 6) is -0.650. The van der Waals surface area contributed by atoms with Crippen LogP contribution in [0.4, 0.5) is 0 Å². The van der Waals surface area contributed by atoms with Gasteiger partial charge >= 0.3 is 5.97 Å². The summed E-state index contributed by atoms with van der Waals surface area (Å²) in [6, 6.07) is 2.19. The minimum atomic E-state index is -1.15. The number of methoxy groups -OCH3 is 3. The van der Waals surface area contributed by atoms with Crippen LogP contribution in [0, 0.1) is 0 Å². The van der Waals surface area contributed by atoms with Gasteiger partial charge in [0.25, 0.3) is 5.91 Å². The Labute approximate surface area is 393 Å². The lowest BCUT2D eigenvalue weighted by molar-refractivity contribution is -0.138. The Morgan fingerprint density at radius 2 is 0.738 bits per heavy atom. The van der Waals surface area contributed by atoms with Crippen molar-refractivity contribution in [3.05, 3.63) is 54.1 Å². The Hall–Kier alpha value is -3.46. The highest BCUT2D eigenvalue weighted by Gasteiger charge is 2.24. The van der Waals surface area contributed by atoms with E-state index in [-0.39, 0.29) is 5.56 Å².